The molecule has 0 unspecified atom stereocenters. The highest BCUT2D eigenvalue weighted by molar-refractivity contribution is 14.0. The third-order valence-electron chi connectivity index (χ3n) is 2.73. The number of guanidine groups is 1. The van der Waals surface area contributed by atoms with E-state index in [1.54, 1.807) is 0 Å². The van der Waals surface area contributed by atoms with Gasteiger partial charge in [0, 0.05) is 27.2 Å². The molecule has 17 heavy (non-hydrogen) atoms. The Kier molecular flexibility index (Phi) is 16.0. The van der Waals surface area contributed by atoms with Crippen LogP contribution in [0.3, 0.4) is 0 Å². The highest BCUT2D eigenvalue weighted by Gasteiger charge is 2.03. The number of nitrogens with one attached hydrogen (secondary N) is 1. The minimum atomic E-state index is 0. The Hall–Kier alpha value is 0. The Morgan fingerprint density at radius 1 is 1.06 bits per heavy atom. The lowest BCUT2D eigenvalue weighted by Crippen LogP contribution is -2.39. The second-order valence-corrected chi connectivity index (χ2v) is 4.31. The molecule has 0 saturated heterocycles. The monoisotopic (exact) mass is 355 g/mol. The summed E-state index contributed by atoms with van der Waals surface area (Å²) < 4.78 is 0. The van der Waals surface area contributed by atoms with E-state index in [-0.39, 0.29) is 24.0 Å². The topological polar surface area (TPSA) is 27.6 Å². The zero-order chi connectivity index (χ0) is 12.2. The molecule has 0 amide bonds. The molecule has 0 atom stereocenters. The molecule has 0 aliphatic rings. The molecule has 4 heteroatoms. The first-order valence-electron chi connectivity index (χ1n) is 6.68. The molecule has 0 heterocycles. The molecule has 0 aliphatic carbocycles. The van der Waals surface area contributed by atoms with Crippen molar-refractivity contribution in [1.29, 1.82) is 0 Å². The fourth-order valence-corrected chi connectivity index (χ4v) is 1.64. The average Bonchev–Trinajstić information content (AvgIpc) is 2.31. The van der Waals surface area contributed by atoms with Gasteiger partial charge in [0.1, 0.15) is 0 Å². The maximum absolute atomic E-state index is 4.29. The van der Waals surface area contributed by atoms with E-state index >= 15 is 0 Å². The van der Waals surface area contributed by atoms with Crippen molar-refractivity contribution in [3.05, 3.63) is 0 Å². The number of aliphatic imine (C=N–C) groups is 1. The van der Waals surface area contributed by atoms with Crippen LogP contribution in [0.2, 0.25) is 0 Å². The Morgan fingerprint density at radius 3 is 2.24 bits per heavy atom. The highest BCUT2D eigenvalue weighted by atomic mass is 127. The third kappa shape index (κ3) is 10.9. The van der Waals surface area contributed by atoms with E-state index in [0.717, 1.165) is 19.0 Å². The number of hydrogen-bond acceptors (Lipinski definition) is 1. The number of nitrogens with zero attached hydrogens (tertiary/aromatic N) is 2. The van der Waals surface area contributed by atoms with Gasteiger partial charge in [0.25, 0.3) is 0 Å². The van der Waals surface area contributed by atoms with Gasteiger partial charge in [-0.05, 0) is 12.8 Å². The van der Waals surface area contributed by atoms with Crippen molar-refractivity contribution >= 4 is 29.9 Å². The first kappa shape index (κ1) is 19.3. The maximum atomic E-state index is 4.29. The van der Waals surface area contributed by atoms with E-state index in [2.05, 4.69) is 36.1 Å². The number of rotatable bonds is 8. The zero-order valence-corrected chi connectivity index (χ0v) is 14.3. The predicted octanol–water partition coefficient (Wildman–Crippen LogP) is 3.49. The molecule has 0 aromatic rings. The van der Waals surface area contributed by atoms with Crippen LogP contribution in [0.5, 0.6) is 0 Å². The van der Waals surface area contributed by atoms with Crippen LogP contribution in [0.4, 0.5) is 0 Å². The molecule has 0 bridgehead atoms. The van der Waals surface area contributed by atoms with Crippen LogP contribution in [0.25, 0.3) is 0 Å². The van der Waals surface area contributed by atoms with Crippen LogP contribution < -0.4 is 5.32 Å². The Balaban J connectivity index is 0. The Morgan fingerprint density at radius 2 is 1.71 bits per heavy atom. The van der Waals surface area contributed by atoms with E-state index in [1.807, 2.05) is 7.05 Å². The van der Waals surface area contributed by atoms with Crippen molar-refractivity contribution in [3.63, 3.8) is 0 Å². The van der Waals surface area contributed by atoms with Gasteiger partial charge < -0.3 is 10.2 Å². The molecule has 3 nitrogen and oxygen atoms in total. The number of hydrogen-bond donors (Lipinski definition) is 1. The predicted molar refractivity (Wildman–Crippen MR) is 88.5 cm³/mol. The summed E-state index contributed by atoms with van der Waals surface area (Å²) in [7, 11) is 3.97. The average molecular weight is 355 g/mol. The highest BCUT2D eigenvalue weighted by Crippen LogP contribution is 1.98. The molecule has 0 fully saturated rings. The van der Waals surface area contributed by atoms with Crippen molar-refractivity contribution in [2.75, 3.05) is 27.2 Å². The Labute approximate surface area is 124 Å². The van der Waals surface area contributed by atoms with Crippen molar-refractivity contribution in [1.82, 2.24) is 10.2 Å². The summed E-state index contributed by atoms with van der Waals surface area (Å²) in [5.41, 5.74) is 0. The van der Waals surface area contributed by atoms with Gasteiger partial charge in [-0.2, -0.15) is 0 Å². The molecule has 104 valence electrons. The largest absolute Gasteiger partial charge is 0.356 e. The van der Waals surface area contributed by atoms with Crippen LogP contribution in [0.1, 0.15) is 52.4 Å². The number of unbranched alkanes of at least 4 members (excludes halogenated alkanes) is 4. The minimum Gasteiger partial charge on any atom is -0.356 e. The molecule has 0 rings (SSSR count). The van der Waals surface area contributed by atoms with E-state index in [9.17, 15) is 0 Å². The van der Waals surface area contributed by atoms with Gasteiger partial charge in [-0.15, -0.1) is 24.0 Å². The van der Waals surface area contributed by atoms with Crippen LogP contribution in [-0.4, -0.2) is 38.0 Å². The Bertz CT molecular complexity index is 184. The van der Waals surface area contributed by atoms with Gasteiger partial charge in [0.05, 0.1) is 0 Å². The summed E-state index contributed by atoms with van der Waals surface area (Å²) in [5.74, 6) is 1.03. The van der Waals surface area contributed by atoms with Crippen LogP contribution >= 0.6 is 24.0 Å². The second kappa shape index (κ2) is 14.1. The van der Waals surface area contributed by atoms with Gasteiger partial charge in [-0.25, -0.2) is 0 Å². The van der Waals surface area contributed by atoms with Gasteiger partial charge in [0.15, 0.2) is 5.96 Å². The van der Waals surface area contributed by atoms with Crippen LogP contribution in [0.15, 0.2) is 4.99 Å². The maximum Gasteiger partial charge on any atom is 0.193 e. The summed E-state index contributed by atoms with van der Waals surface area (Å²) in [6.07, 6.45) is 7.66. The molecule has 0 spiro atoms. The standard InChI is InChI=1S/C13H29N3.HI/c1-5-7-9-10-11-15-13(14-3)16(4)12-8-6-2;/h5-12H2,1-4H3,(H,14,15);1H. The summed E-state index contributed by atoms with van der Waals surface area (Å²) in [4.78, 5) is 6.50. The third-order valence-corrected chi connectivity index (χ3v) is 2.73. The van der Waals surface area contributed by atoms with Crippen LogP contribution in [-0.2, 0) is 0 Å². The molecule has 0 radical (unpaired) electrons. The molecule has 0 aromatic carbocycles. The summed E-state index contributed by atoms with van der Waals surface area (Å²) >= 11 is 0. The molecule has 0 aromatic heterocycles. The van der Waals surface area contributed by atoms with Gasteiger partial charge in [-0.3, -0.25) is 4.99 Å². The van der Waals surface area contributed by atoms with E-state index in [0.29, 0.717) is 0 Å². The van der Waals surface area contributed by atoms with Crippen LogP contribution in [0, 0.1) is 0 Å². The lowest BCUT2D eigenvalue weighted by molar-refractivity contribution is 0.463. The number of halogens is 1. The zero-order valence-electron chi connectivity index (χ0n) is 12.0. The molecule has 0 aliphatic heterocycles. The van der Waals surface area contributed by atoms with E-state index < -0.39 is 0 Å². The quantitative estimate of drug-likeness (QED) is 0.312. The first-order chi connectivity index (χ1) is 7.76. The lowest BCUT2D eigenvalue weighted by Gasteiger charge is -2.21. The first-order valence-corrected chi connectivity index (χ1v) is 6.68. The van der Waals surface area contributed by atoms with Gasteiger partial charge in [0.2, 0.25) is 0 Å². The van der Waals surface area contributed by atoms with Crippen molar-refractivity contribution in [2.24, 2.45) is 4.99 Å². The van der Waals surface area contributed by atoms with Gasteiger partial charge in [-0.1, -0.05) is 39.5 Å². The smallest absolute Gasteiger partial charge is 0.193 e. The van der Waals surface area contributed by atoms with E-state index in [1.165, 1.54) is 38.5 Å². The summed E-state index contributed by atoms with van der Waals surface area (Å²) in [6, 6.07) is 0. The second-order valence-electron chi connectivity index (χ2n) is 4.31. The lowest BCUT2D eigenvalue weighted by atomic mass is 10.2. The molecular weight excluding hydrogens is 325 g/mol. The molecule has 1 N–H and O–H groups in total. The fraction of sp³-hybridized carbons (Fsp3) is 0.923. The van der Waals surface area contributed by atoms with Crippen molar-refractivity contribution in [3.8, 4) is 0 Å². The van der Waals surface area contributed by atoms with Crippen molar-refractivity contribution in [2.45, 2.75) is 52.4 Å². The fourth-order valence-electron chi connectivity index (χ4n) is 1.64. The normalized spacial score (nSPS) is 10.9. The summed E-state index contributed by atoms with van der Waals surface area (Å²) in [5, 5.41) is 3.41. The molecule has 0 saturated carbocycles. The van der Waals surface area contributed by atoms with E-state index in [4.69, 9.17) is 0 Å². The molecular formula is C13H30IN3. The van der Waals surface area contributed by atoms with Crippen molar-refractivity contribution < 1.29 is 0 Å². The SMILES string of the molecule is CCCCCCNC(=NC)N(C)CCCC.I. The summed E-state index contributed by atoms with van der Waals surface area (Å²) in [6.45, 7) is 6.59. The minimum absolute atomic E-state index is 0. The van der Waals surface area contributed by atoms with Gasteiger partial charge >= 0.3 is 0 Å².